The Labute approximate surface area is 111 Å². The Kier molecular flexibility index (Phi) is 3.60. The van der Waals surface area contributed by atoms with Gasteiger partial charge in [-0.2, -0.15) is 0 Å². The van der Waals surface area contributed by atoms with Gasteiger partial charge in [0.2, 0.25) is 0 Å². The number of ether oxygens (including phenoxy) is 3. The van der Waals surface area contributed by atoms with Crippen molar-refractivity contribution < 1.29 is 19.0 Å². The summed E-state index contributed by atoms with van der Waals surface area (Å²) in [5.74, 6) is 0.864. The molecule has 0 aliphatic heterocycles. The summed E-state index contributed by atoms with van der Waals surface area (Å²) >= 11 is 0. The van der Waals surface area contributed by atoms with Crippen molar-refractivity contribution in [3.05, 3.63) is 35.4 Å². The van der Waals surface area contributed by atoms with Crippen molar-refractivity contribution in [2.75, 3.05) is 21.3 Å². The normalized spacial score (nSPS) is 10.3. The van der Waals surface area contributed by atoms with Gasteiger partial charge in [-0.05, 0) is 36.1 Å². The molecule has 0 fully saturated rings. The average Bonchev–Trinajstić information content (AvgIpc) is 2.45. The smallest absolute Gasteiger partial charge is 0.338 e. The number of esters is 1. The van der Waals surface area contributed by atoms with Crippen molar-refractivity contribution >= 4 is 16.7 Å². The lowest BCUT2D eigenvalue weighted by Crippen LogP contribution is -2.03. The van der Waals surface area contributed by atoms with Crippen LogP contribution in [0.25, 0.3) is 10.8 Å². The molecule has 0 saturated carbocycles. The molecule has 0 unspecified atom stereocenters. The second kappa shape index (κ2) is 5.18. The van der Waals surface area contributed by atoms with Gasteiger partial charge < -0.3 is 14.2 Å². The molecule has 0 amide bonds. The van der Waals surface area contributed by atoms with Crippen LogP contribution in [-0.2, 0) is 4.74 Å². The van der Waals surface area contributed by atoms with E-state index in [2.05, 4.69) is 0 Å². The molecule has 0 N–H and O–H groups in total. The number of aryl methyl sites for hydroxylation is 1. The van der Waals surface area contributed by atoms with E-state index in [1.54, 1.807) is 26.4 Å². The molecule has 100 valence electrons. The number of carbonyl (C=O) groups is 1. The van der Waals surface area contributed by atoms with E-state index in [0.29, 0.717) is 17.1 Å². The maximum atomic E-state index is 11.8. The summed E-state index contributed by atoms with van der Waals surface area (Å²) in [5.41, 5.74) is 1.58. The third kappa shape index (κ3) is 2.21. The number of benzene rings is 2. The molecule has 2 aromatic rings. The van der Waals surface area contributed by atoms with Crippen LogP contribution in [0.1, 0.15) is 15.9 Å². The molecule has 0 aliphatic carbocycles. The van der Waals surface area contributed by atoms with E-state index in [9.17, 15) is 4.79 Å². The van der Waals surface area contributed by atoms with Crippen molar-refractivity contribution in [2.24, 2.45) is 0 Å². The van der Waals surface area contributed by atoms with Crippen LogP contribution >= 0.6 is 0 Å². The molecule has 0 aromatic heterocycles. The second-order valence-electron chi connectivity index (χ2n) is 4.17. The SMILES string of the molecule is COC(=O)c1ccc(C)c2cc(OC)c(OC)cc12. The third-order valence-corrected chi connectivity index (χ3v) is 3.14. The molecule has 19 heavy (non-hydrogen) atoms. The summed E-state index contributed by atoms with van der Waals surface area (Å²) < 4.78 is 15.4. The van der Waals surface area contributed by atoms with Gasteiger partial charge in [0, 0.05) is 5.39 Å². The Morgan fingerprint density at radius 3 is 2.05 bits per heavy atom. The Bertz CT molecular complexity index is 632. The van der Waals surface area contributed by atoms with Gasteiger partial charge in [0.1, 0.15) is 0 Å². The van der Waals surface area contributed by atoms with Gasteiger partial charge in [-0.1, -0.05) is 6.07 Å². The topological polar surface area (TPSA) is 44.8 Å². The van der Waals surface area contributed by atoms with Crippen LogP contribution in [0.15, 0.2) is 24.3 Å². The largest absolute Gasteiger partial charge is 0.493 e. The fourth-order valence-electron chi connectivity index (χ4n) is 2.10. The molecule has 4 nitrogen and oxygen atoms in total. The quantitative estimate of drug-likeness (QED) is 0.796. The fraction of sp³-hybridized carbons (Fsp3) is 0.267. The van der Waals surface area contributed by atoms with E-state index < -0.39 is 0 Å². The molecule has 2 aromatic carbocycles. The van der Waals surface area contributed by atoms with Crippen LogP contribution in [0, 0.1) is 6.92 Å². The van der Waals surface area contributed by atoms with Gasteiger partial charge in [-0.3, -0.25) is 0 Å². The van der Waals surface area contributed by atoms with E-state index >= 15 is 0 Å². The van der Waals surface area contributed by atoms with Gasteiger partial charge in [0.25, 0.3) is 0 Å². The van der Waals surface area contributed by atoms with Gasteiger partial charge in [-0.15, -0.1) is 0 Å². The number of methoxy groups -OCH3 is 3. The highest BCUT2D eigenvalue weighted by Gasteiger charge is 2.15. The summed E-state index contributed by atoms with van der Waals surface area (Å²) in [7, 11) is 4.52. The third-order valence-electron chi connectivity index (χ3n) is 3.14. The lowest BCUT2D eigenvalue weighted by Gasteiger charge is -2.12. The highest BCUT2D eigenvalue weighted by atomic mass is 16.5. The fourth-order valence-corrected chi connectivity index (χ4v) is 2.10. The average molecular weight is 260 g/mol. The number of hydrogen-bond donors (Lipinski definition) is 0. The summed E-state index contributed by atoms with van der Waals surface area (Å²) in [4.78, 5) is 11.8. The van der Waals surface area contributed by atoms with Crippen LogP contribution in [-0.4, -0.2) is 27.3 Å². The van der Waals surface area contributed by atoms with Gasteiger partial charge in [0.05, 0.1) is 26.9 Å². The first kappa shape index (κ1) is 13.2. The van der Waals surface area contributed by atoms with Crippen LogP contribution in [0.4, 0.5) is 0 Å². The molecule has 0 atom stereocenters. The molecule has 2 rings (SSSR count). The minimum absolute atomic E-state index is 0.364. The van der Waals surface area contributed by atoms with Crippen molar-refractivity contribution in [1.29, 1.82) is 0 Å². The summed E-state index contributed by atoms with van der Waals surface area (Å²) in [6, 6.07) is 7.32. The Hall–Kier alpha value is -2.23. The minimum atomic E-state index is -0.364. The molecule has 4 heteroatoms. The minimum Gasteiger partial charge on any atom is -0.493 e. The molecule has 0 spiro atoms. The number of rotatable bonds is 3. The molecule has 0 heterocycles. The molecule has 0 bridgehead atoms. The van der Waals surface area contributed by atoms with Crippen molar-refractivity contribution in [3.63, 3.8) is 0 Å². The van der Waals surface area contributed by atoms with Crippen LogP contribution in [0.3, 0.4) is 0 Å². The second-order valence-corrected chi connectivity index (χ2v) is 4.17. The monoisotopic (exact) mass is 260 g/mol. The number of hydrogen-bond acceptors (Lipinski definition) is 4. The molecule has 0 aliphatic rings. The molecular formula is C15H16O4. The van der Waals surface area contributed by atoms with Crippen LogP contribution in [0.2, 0.25) is 0 Å². The van der Waals surface area contributed by atoms with Gasteiger partial charge in [0.15, 0.2) is 11.5 Å². The molecule has 0 saturated heterocycles. The van der Waals surface area contributed by atoms with Crippen molar-refractivity contribution in [2.45, 2.75) is 6.92 Å². The van der Waals surface area contributed by atoms with Gasteiger partial charge in [-0.25, -0.2) is 4.79 Å². The number of carbonyl (C=O) groups excluding carboxylic acids is 1. The van der Waals surface area contributed by atoms with Gasteiger partial charge >= 0.3 is 5.97 Å². The standard InChI is InChI=1S/C15H16O4/c1-9-5-6-10(15(16)19-4)12-8-14(18-3)13(17-2)7-11(9)12/h5-8H,1-4H3. The lowest BCUT2D eigenvalue weighted by atomic mass is 9.99. The molecular weight excluding hydrogens is 244 g/mol. The number of fused-ring (bicyclic) bond motifs is 1. The van der Waals surface area contributed by atoms with E-state index in [4.69, 9.17) is 14.2 Å². The van der Waals surface area contributed by atoms with E-state index in [0.717, 1.165) is 16.3 Å². The Morgan fingerprint density at radius 1 is 0.947 bits per heavy atom. The van der Waals surface area contributed by atoms with E-state index in [1.807, 2.05) is 19.1 Å². The zero-order valence-electron chi connectivity index (χ0n) is 11.4. The van der Waals surface area contributed by atoms with Crippen LogP contribution < -0.4 is 9.47 Å². The first-order chi connectivity index (χ1) is 9.12. The van der Waals surface area contributed by atoms with Crippen molar-refractivity contribution in [3.8, 4) is 11.5 Å². The summed E-state index contributed by atoms with van der Waals surface area (Å²) in [5, 5.41) is 1.74. The highest BCUT2D eigenvalue weighted by molar-refractivity contribution is 6.06. The lowest BCUT2D eigenvalue weighted by molar-refractivity contribution is 0.0603. The van der Waals surface area contributed by atoms with Crippen LogP contribution in [0.5, 0.6) is 11.5 Å². The predicted octanol–water partition coefficient (Wildman–Crippen LogP) is 2.95. The maximum absolute atomic E-state index is 11.8. The van der Waals surface area contributed by atoms with E-state index in [1.165, 1.54) is 7.11 Å². The first-order valence-electron chi connectivity index (χ1n) is 5.86. The molecule has 0 radical (unpaired) electrons. The van der Waals surface area contributed by atoms with E-state index in [-0.39, 0.29) is 5.97 Å². The Morgan fingerprint density at radius 2 is 1.53 bits per heavy atom. The van der Waals surface area contributed by atoms with Crippen molar-refractivity contribution in [1.82, 2.24) is 0 Å². The Balaban J connectivity index is 2.81. The maximum Gasteiger partial charge on any atom is 0.338 e. The summed E-state index contributed by atoms with van der Waals surface area (Å²) in [6.45, 7) is 1.98. The highest BCUT2D eigenvalue weighted by Crippen LogP contribution is 2.35. The first-order valence-corrected chi connectivity index (χ1v) is 5.86. The zero-order valence-corrected chi connectivity index (χ0v) is 11.4. The zero-order chi connectivity index (χ0) is 14.0. The summed E-state index contributed by atoms with van der Waals surface area (Å²) in [6.07, 6.45) is 0. The predicted molar refractivity (Wildman–Crippen MR) is 73.1 cm³/mol.